The highest BCUT2D eigenvalue weighted by atomic mass is 16.2. The summed E-state index contributed by atoms with van der Waals surface area (Å²) in [5.74, 6) is -0.520. The van der Waals surface area contributed by atoms with Crippen LogP contribution in [0.15, 0.2) is 42.5 Å². The highest BCUT2D eigenvalue weighted by molar-refractivity contribution is 6.40. The fourth-order valence-corrected chi connectivity index (χ4v) is 3.03. The van der Waals surface area contributed by atoms with Crippen LogP contribution in [0.3, 0.4) is 0 Å². The lowest BCUT2D eigenvalue weighted by molar-refractivity contribution is -0.144. The fraction of sp³-hybridized carbons (Fsp3) is 0.333. The van der Waals surface area contributed by atoms with E-state index in [1.54, 1.807) is 4.90 Å². The molecule has 1 unspecified atom stereocenters. The van der Waals surface area contributed by atoms with E-state index in [1.807, 2.05) is 42.5 Å². The van der Waals surface area contributed by atoms with Crippen molar-refractivity contribution in [2.75, 3.05) is 18.4 Å². The summed E-state index contributed by atoms with van der Waals surface area (Å²) in [6.07, 6.45) is 2.09. The molecule has 4 nitrogen and oxygen atoms in total. The molecule has 0 aromatic heterocycles. The molecule has 0 saturated carbocycles. The van der Waals surface area contributed by atoms with Gasteiger partial charge in [-0.15, -0.1) is 0 Å². The molecule has 1 aliphatic rings. The number of carbonyl (C=O) groups is 2. The lowest BCUT2D eigenvalue weighted by Gasteiger charge is -2.30. The monoisotopic (exact) mass is 296 g/mol. The molecule has 1 heterocycles. The predicted octanol–water partition coefficient (Wildman–Crippen LogP) is 3.04. The third-order valence-electron chi connectivity index (χ3n) is 4.18. The number of likely N-dealkylation sites (tertiary alicyclic amines) is 1. The van der Waals surface area contributed by atoms with Gasteiger partial charge in [-0.25, -0.2) is 0 Å². The molecule has 2 aromatic rings. The van der Waals surface area contributed by atoms with E-state index in [2.05, 4.69) is 12.2 Å². The molecule has 0 spiro atoms. The van der Waals surface area contributed by atoms with Crippen molar-refractivity contribution in [3.63, 3.8) is 0 Å². The van der Waals surface area contributed by atoms with E-state index in [-0.39, 0.29) is 0 Å². The van der Waals surface area contributed by atoms with Crippen molar-refractivity contribution in [1.29, 1.82) is 0 Å². The molecule has 2 amide bonds. The predicted molar refractivity (Wildman–Crippen MR) is 87.6 cm³/mol. The van der Waals surface area contributed by atoms with E-state index in [9.17, 15) is 9.59 Å². The average Bonchev–Trinajstić information content (AvgIpc) is 2.54. The fourth-order valence-electron chi connectivity index (χ4n) is 3.03. The maximum atomic E-state index is 12.3. The zero-order valence-electron chi connectivity index (χ0n) is 12.7. The van der Waals surface area contributed by atoms with Gasteiger partial charge in [0.15, 0.2) is 0 Å². The molecule has 0 bridgehead atoms. The van der Waals surface area contributed by atoms with Crippen LogP contribution in [-0.2, 0) is 9.59 Å². The van der Waals surface area contributed by atoms with E-state index < -0.39 is 11.8 Å². The molecular weight excluding hydrogens is 276 g/mol. The zero-order valence-corrected chi connectivity index (χ0v) is 12.7. The number of hydrogen-bond donors (Lipinski definition) is 1. The van der Waals surface area contributed by atoms with E-state index in [0.717, 1.165) is 23.6 Å². The van der Waals surface area contributed by atoms with Crippen molar-refractivity contribution in [2.45, 2.75) is 19.8 Å². The third-order valence-corrected chi connectivity index (χ3v) is 4.18. The summed E-state index contributed by atoms with van der Waals surface area (Å²) in [5.41, 5.74) is 0.682. The van der Waals surface area contributed by atoms with Crippen LogP contribution in [0.5, 0.6) is 0 Å². The first kappa shape index (κ1) is 14.6. The van der Waals surface area contributed by atoms with Crippen LogP contribution in [-0.4, -0.2) is 29.8 Å². The highest BCUT2D eigenvalue weighted by Gasteiger charge is 2.26. The molecule has 1 fully saturated rings. The average molecular weight is 296 g/mol. The van der Waals surface area contributed by atoms with Gasteiger partial charge >= 0.3 is 11.8 Å². The Balaban J connectivity index is 1.77. The van der Waals surface area contributed by atoms with Gasteiger partial charge in [-0.3, -0.25) is 9.59 Å². The molecule has 114 valence electrons. The topological polar surface area (TPSA) is 49.4 Å². The van der Waals surface area contributed by atoms with Crippen molar-refractivity contribution < 1.29 is 9.59 Å². The van der Waals surface area contributed by atoms with Crippen molar-refractivity contribution in [2.24, 2.45) is 5.92 Å². The summed E-state index contributed by atoms with van der Waals surface area (Å²) in [5, 5.41) is 4.75. The van der Waals surface area contributed by atoms with Gasteiger partial charge in [-0.2, -0.15) is 0 Å². The largest absolute Gasteiger partial charge is 0.334 e. The van der Waals surface area contributed by atoms with E-state index in [1.165, 1.54) is 0 Å². The van der Waals surface area contributed by atoms with Gasteiger partial charge in [0.1, 0.15) is 0 Å². The Morgan fingerprint density at radius 2 is 1.91 bits per heavy atom. The SMILES string of the molecule is CC1CCCN(C(=O)C(=O)Nc2cccc3ccccc23)C1. The molecule has 1 atom stereocenters. The minimum Gasteiger partial charge on any atom is -0.334 e. The highest BCUT2D eigenvalue weighted by Crippen LogP contribution is 2.23. The van der Waals surface area contributed by atoms with Crippen LogP contribution in [0.25, 0.3) is 10.8 Å². The first-order valence-electron chi connectivity index (χ1n) is 7.73. The van der Waals surface area contributed by atoms with Crippen LogP contribution in [0.1, 0.15) is 19.8 Å². The van der Waals surface area contributed by atoms with Crippen LogP contribution >= 0.6 is 0 Å². The van der Waals surface area contributed by atoms with Crippen molar-refractivity contribution >= 4 is 28.3 Å². The van der Waals surface area contributed by atoms with Gasteiger partial charge in [0.05, 0.1) is 0 Å². The summed E-state index contributed by atoms with van der Waals surface area (Å²) in [4.78, 5) is 26.2. The van der Waals surface area contributed by atoms with E-state index >= 15 is 0 Å². The maximum absolute atomic E-state index is 12.3. The molecule has 3 rings (SSSR count). The molecule has 22 heavy (non-hydrogen) atoms. The minimum atomic E-state index is -0.551. The molecule has 4 heteroatoms. The van der Waals surface area contributed by atoms with Crippen molar-refractivity contribution in [1.82, 2.24) is 4.90 Å². The third kappa shape index (κ3) is 2.96. The number of nitrogens with one attached hydrogen (secondary N) is 1. The summed E-state index contributed by atoms with van der Waals surface area (Å²) >= 11 is 0. The number of anilines is 1. The Morgan fingerprint density at radius 1 is 1.14 bits per heavy atom. The van der Waals surface area contributed by atoms with Crippen LogP contribution in [0.4, 0.5) is 5.69 Å². The molecule has 0 radical (unpaired) electrons. The summed E-state index contributed by atoms with van der Waals surface area (Å²) in [6, 6.07) is 13.5. The molecule has 1 aliphatic heterocycles. The standard InChI is InChI=1S/C18H20N2O2/c1-13-6-5-11-20(12-13)18(22)17(21)19-16-10-4-8-14-7-2-3-9-15(14)16/h2-4,7-10,13H,5-6,11-12H2,1H3,(H,19,21). The second-order valence-corrected chi connectivity index (χ2v) is 5.98. The molecule has 1 N–H and O–H groups in total. The second kappa shape index (κ2) is 6.18. The normalized spacial score (nSPS) is 18.2. The molecular formula is C18H20N2O2. The summed E-state index contributed by atoms with van der Waals surface area (Å²) in [6.45, 7) is 3.45. The van der Waals surface area contributed by atoms with Gasteiger partial charge in [0.2, 0.25) is 0 Å². The first-order valence-corrected chi connectivity index (χ1v) is 7.73. The van der Waals surface area contributed by atoms with E-state index in [4.69, 9.17) is 0 Å². The molecule has 1 saturated heterocycles. The number of rotatable bonds is 1. The number of benzene rings is 2. The Kier molecular flexibility index (Phi) is 4.09. The number of nitrogens with zero attached hydrogens (tertiary/aromatic N) is 1. The van der Waals surface area contributed by atoms with Gasteiger partial charge in [0, 0.05) is 24.2 Å². The number of piperidine rings is 1. The van der Waals surface area contributed by atoms with Gasteiger partial charge in [-0.05, 0) is 30.2 Å². The maximum Gasteiger partial charge on any atom is 0.313 e. The Labute approximate surface area is 130 Å². The van der Waals surface area contributed by atoms with Gasteiger partial charge < -0.3 is 10.2 Å². The number of carbonyl (C=O) groups excluding carboxylic acids is 2. The Bertz CT molecular complexity index is 706. The first-order chi connectivity index (χ1) is 10.6. The zero-order chi connectivity index (χ0) is 15.5. The Morgan fingerprint density at radius 3 is 2.73 bits per heavy atom. The smallest absolute Gasteiger partial charge is 0.313 e. The summed E-state index contributed by atoms with van der Waals surface area (Å²) < 4.78 is 0. The lowest BCUT2D eigenvalue weighted by atomic mass is 10.0. The minimum absolute atomic E-state index is 0.431. The van der Waals surface area contributed by atoms with Gasteiger partial charge in [0.25, 0.3) is 0 Å². The lowest BCUT2D eigenvalue weighted by Crippen LogP contribution is -2.44. The van der Waals surface area contributed by atoms with Gasteiger partial charge in [-0.1, -0.05) is 43.3 Å². The molecule has 0 aliphatic carbocycles. The second-order valence-electron chi connectivity index (χ2n) is 5.98. The Hall–Kier alpha value is -2.36. The van der Waals surface area contributed by atoms with Crippen molar-refractivity contribution in [3.8, 4) is 0 Å². The van der Waals surface area contributed by atoms with Crippen LogP contribution < -0.4 is 5.32 Å². The molecule has 2 aromatic carbocycles. The van der Waals surface area contributed by atoms with Crippen LogP contribution in [0.2, 0.25) is 0 Å². The number of amides is 2. The summed E-state index contributed by atoms with van der Waals surface area (Å²) in [7, 11) is 0. The van der Waals surface area contributed by atoms with Crippen LogP contribution in [0, 0.1) is 5.92 Å². The van der Waals surface area contributed by atoms with E-state index in [0.29, 0.717) is 24.7 Å². The number of fused-ring (bicyclic) bond motifs is 1. The quantitative estimate of drug-likeness (QED) is 0.822. The number of hydrogen-bond acceptors (Lipinski definition) is 2. The van der Waals surface area contributed by atoms with Crippen molar-refractivity contribution in [3.05, 3.63) is 42.5 Å².